The normalized spacial score (nSPS) is 16.6. The first-order valence-electron chi connectivity index (χ1n) is 6.84. The highest BCUT2D eigenvalue weighted by Gasteiger charge is 2.15. The van der Waals surface area contributed by atoms with Crippen molar-refractivity contribution in [3.05, 3.63) is 0 Å². The summed E-state index contributed by atoms with van der Waals surface area (Å²) in [5.41, 5.74) is 0. The summed E-state index contributed by atoms with van der Waals surface area (Å²) in [7, 11) is 0. The van der Waals surface area contributed by atoms with Crippen LogP contribution in [0.5, 0.6) is 0 Å². The number of hydrogen-bond acceptors (Lipinski definition) is 3. The van der Waals surface area contributed by atoms with Gasteiger partial charge in [-0.1, -0.05) is 13.8 Å². The van der Waals surface area contributed by atoms with E-state index in [0.29, 0.717) is 31.3 Å². The second-order valence-electron chi connectivity index (χ2n) is 5.29. The van der Waals surface area contributed by atoms with Crippen LogP contribution in [0.15, 0.2) is 0 Å². The van der Waals surface area contributed by atoms with Gasteiger partial charge in [0.1, 0.15) is 0 Å². The maximum Gasteiger partial charge on any atom is 0.221 e. The Morgan fingerprint density at radius 2 is 1.89 bits per heavy atom. The molecule has 0 bridgehead atoms. The van der Waals surface area contributed by atoms with Gasteiger partial charge in [-0.15, -0.1) is 0 Å². The molecule has 0 aromatic heterocycles. The average Bonchev–Trinajstić information content (AvgIpc) is 2.29. The molecule has 0 saturated carbocycles. The maximum absolute atomic E-state index is 11.6. The number of hydrogen-bond donors (Lipinski definition) is 3. The second kappa shape index (κ2) is 8.08. The highest BCUT2D eigenvalue weighted by Crippen LogP contribution is 2.02. The minimum Gasteiger partial charge on any atom is -0.356 e. The van der Waals surface area contributed by atoms with E-state index in [9.17, 15) is 9.59 Å². The number of carbonyl (C=O) groups excluding carboxylic acids is 2. The fourth-order valence-corrected chi connectivity index (χ4v) is 2.02. The van der Waals surface area contributed by atoms with E-state index >= 15 is 0 Å². The molecule has 0 aromatic carbocycles. The van der Waals surface area contributed by atoms with Crippen LogP contribution in [-0.2, 0) is 9.59 Å². The van der Waals surface area contributed by atoms with Crippen molar-refractivity contribution in [2.45, 2.75) is 45.6 Å². The third-order valence-corrected chi connectivity index (χ3v) is 2.97. The number of rotatable bonds is 6. The van der Waals surface area contributed by atoms with Crippen molar-refractivity contribution in [3.8, 4) is 0 Å². The maximum atomic E-state index is 11.6. The van der Waals surface area contributed by atoms with Crippen LogP contribution in [0.2, 0.25) is 0 Å². The molecular weight excluding hydrogens is 230 g/mol. The summed E-state index contributed by atoms with van der Waals surface area (Å²) in [6.07, 6.45) is 2.88. The van der Waals surface area contributed by atoms with Gasteiger partial charge < -0.3 is 16.0 Å². The van der Waals surface area contributed by atoms with Crippen LogP contribution < -0.4 is 16.0 Å². The molecule has 2 amide bonds. The first-order chi connectivity index (χ1) is 8.58. The van der Waals surface area contributed by atoms with Gasteiger partial charge in [0.15, 0.2) is 0 Å². The molecule has 5 heteroatoms. The molecule has 104 valence electrons. The molecule has 1 heterocycles. The molecule has 18 heavy (non-hydrogen) atoms. The minimum absolute atomic E-state index is 0.0275. The monoisotopic (exact) mass is 255 g/mol. The molecule has 0 aromatic rings. The number of nitrogens with one attached hydrogen (secondary N) is 3. The van der Waals surface area contributed by atoms with E-state index in [4.69, 9.17) is 0 Å². The molecule has 0 radical (unpaired) electrons. The fourth-order valence-electron chi connectivity index (χ4n) is 2.02. The van der Waals surface area contributed by atoms with E-state index < -0.39 is 0 Å². The van der Waals surface area contributed by atoms with E-state index in [2.05, 4.69) is 16.0 Å². The lowest BCUT2D eigenvalue weighted by molar-refractivity contribution is -0.123. The van der Waals surface area contributed by atoms with Crippen molar-refractivity contribution in [1.29, 1.82) is 0 Å². The summed E-state index contributed by atoms with van der Waals surface area (Å²) in [5.74, 6) is 0.417. The summed E-state index contributed by atoms with van der Waals surface area (Å²) in [6.45, 7) is 6.38. The van der Waals surface area contributed by atoms with Crippen LogP contribution in [0.4, 0.5) is 0 Å². The Morgan fingerprint density at radius 3 is 2.50 bits per heavy atom. The fraction of sp³-hybridized carbons (Fsp3) is 0.846. The van der Waals surface area contributed by atoms with Crippen LogP contribution in [0, 0.1) is 5.92 Å². The highest BCUT2D eigenvalue weighted by molar-refractivity contribution is 5.79. The Morgan fingerprint density at radius 1 is 1.22 bits per heavy atom. The van der Waals surface area contributed by atoms with Crippen LogP contribution in [0.1, 0.15) is 39.5 Å². The molecule has 0 unspecified atom stereocenters. The molecule has 1 fully saturated rings. The van der Waals surface area contributed by atoms with Gasteiger partial charge in [0.25, 0.3) is 0 Å². The minimum atomic E-state index is 0.0275. The van der Waals surface area contributed by atoms with Crippen LogP contribution in [0.25, 0.3) is 0 Å². The first kappa shape index (κ1) is 15.0. The molecule has 0 atom stereocenters. The van der Waals surface area contributed by atoms with Gasteiger partial charge in [-0.05, 0) is 31.8 Å². The third-order valence-electron chi connectivity index (χ3n) is 2.97. The van der Waals surface area contributed by atoms with Gasteiger partial charge in [0, 0.05) is 25.4 Å². The van der Waals surface area contributed by atoms with Crippen LogP contribution in [-0.4, -0.2) is 37.5 Å². The summed E-state index contributed by atoms with van der Waals surface area (Å²) < 4.78 is 0. The molecule has 1 rings (SSSR count). The molecule has 3 N–H and O–H groups in total. The van der Waals surface area contributed by atoms with E-state index in [1.54, 1.807) is 0 Å². The van der Waals surface area contributed by atoms with Crippen molar-refractivity contribution >= 4 is 11.8 Å². The first-order valence-corrected chi connectivity index (χ1v) is 6.84. The molecule has 1 saturated heterocycles. The Bertz CT molecular complexity index is 273. The molecular formula is C13H25N3O2. The van der Waals surface area contributed by atoms with Gasteiger partial charge in [-0.25, -0.2) is 0 Å². The van der Waals surface area contributed by atoms with Crippen molar-refractivity contribution in [1.82, 2.24) is 16.0 Å². The lowest BCUT2D eigenvalue weighted by atomic mass is 10.1. The number of piperidine rings is 1. The average molecular weight is 255 g/mol. The zero-order valence-electron chi connectivity index (χ0n) is 11.4. The summed E-state index contributed by atoms with van der Waals surface area (Å²) in [4.78, 5) is 23.0. The Labute approximate surface area is 109 Å². The highest BCUT2D eigenvalue weighted by atomic mass is 16.2. The van der Waals surface area contributed by atoms with Gasteiger partial charge in [-0.2, -0.15) is 0 Å². The van der Waals surface area contributed by atoms with E-state index in [0.717, 1.165) is 25.9 Å². The second-order valence-corrected chi connectivity index (χ2v) is 5.29. The van der Waals surface area contributed by atoms with Crippen molar-refractivity contribution < 1.29 is 9.59 Å². The zero-order valence-corrected chi connectivity index (χ0v) is 11.4. The Hall–Kier alpha value is -1.10. The van der Waals surface area contributed by atoms with Crippen molar-refractivity contribution in [3.63, 3.8) is 0 Å². The van der Waals surface area contributed by atoms with Crippen LogP contribution in [0.3, 0.4) is 0 Å². The van der Waals surface area contributed by atoms with Crippen molar-refractivity contribution in [2.24, 2.45) is 5.92 Å². The molecule has 5 nitrogen and oxygen atoms in total. The Balaban J connectivity index is 2.07. The standard InChI is InChI=1S/C13H25N3O2/c1-10(2)9-13(18)15-8-5-12(17)16-11-3-6-14-7-4-11/h10-11,14H,3-9H2,1-2H3,(H,15,18)(H,16,17). The van der Waals surface area contributed by atoms with Gasteiger partial charge in [0.2, 0.25) is 11.8 Å². The predicted molar refractivity (Wildman–Crippen MR) is 71.1 cm³/mol. The summed E-state index contributed by atoms with van der Waals surface area (Å²) in [5, 5.41) is 9.03. The van der Waals surface area contributed by atoms with Gasteiger partial charge >= 0.3 is 0 Å². The smallest absolute Gasteiger partial charge is 0.221 e. The quantitative estimate of drug-likeness (QED) is 0.644. The van der Waals surface area contributed by atoms with E-state index in [1.807, 2.05) is 13.8 Å². The topological polar surface area (TPSA) is 70.2 Å². The third kappa shape index (κ3) is 6.59. The van der Waals surface area contributed by atoms with Crippen LogP contribution >= 0.6 is 0 Å². The van der Waals surface area contributed by atoms with Gasteiger partial charge in [0.05, 0.1) is 0 Å². The van der Waals surface area contributed by atoms with Gasteiger partial charge in [-0.3, -0.25) is 9.59 Å². The van der Waals surface area contributed by atoms with E-state index in [1.165, 1.54) is 0 Å². The SMILES string of the molecule is CC(C)CC(=O)NCCC(=O)NC1CCNCC1. The molecule has 1 aliphatic heterocycles. The summed E-state index contributed by atoms with van der Waals surface area (Å²) >= 11 is 0. The number of amides is 2. The summed E-state index contributed by atoms with van der Waals surface area (Å²) in [6, 6.07) is 0.296. The Kier molecular flexibility index (Phi) is 6.72. The largest absolute Gasteiger partial charge is 0.356 e. The molecule has 1 aliphatic rings. The lowest BCUT2D eigenvalue weighted by Gasteiger charge is -2.23. The molecule has 0 aliphatic carbocycles. The van der Waals surface area contributed by atoms with E-state index in [-0.39, 0.29) is 11.8 Å². The molecule has 0 spiro atoms. The predicted octanol–water partition coefficient (Wildman–Crippen LogP) is 0.407. The van der Waals surface area contributed by atoms with Crippen molar-refractivity contribution in [2.75, 3.05) is 19.6 Å². The zero-order chi connectivity index (χ0) is 13.4. The lowest BCUT2D eigenvalue weighted by Crippen LogP contribution is -2.43. The number of carbonyl (C=O) groups is 2.